The van der Waals surface area contributed by atoms with Crippen molar-refractivity contribution < 1.29 is 9.53 Å². The van der Waals surface area contributed by atoms with Crippen LogP contribution in [0, 0.1) is 6.92 Å². The van der Waals surface area contributed by atoms with E-state index < -0.39 is 0 Å². The van der Waals surface area contributed by atoms with E-state index in [9.17, 15) is 4.79 Å². The number of halogens is 1. The van der Waals surface area contributed by atoms with Gasteiger partial charge in [-0.1, -0.05) is 22.0 Å². The Kier molecular flexibility index (Phi) is 5.05. The van der Waals surface area contributed by atoms with Crippen LogP contribution < -0.4 is 10.5 Å². The van der Waals surface area contributed by atoms with Crippen LogP contribution in [0.4, 0.5) is 5.82 Å². The van der Waals surface area contributed by atoms with Crippen LogP contribution in [0.15, 0.2) is 59.2 Å². The predicted molar refractivity (Wildman–Crippen MR) is 113 cm³/mol. The Hall–Kier alpha value is -2.86. The van der Waals surface area contributed by atoms with Crippen molar-refractivity contribution in [2.24, 2.45) is 0 Å². The Labute approximate surface area is 172 Å². The molecule has 3 aromatic rings. The number of carbonyl (C=O) groups is 1. The Balaban J connectivity index is 1.64. The maximum Gasteiger partial charge on any atom is 0.254 e. The molecule has 0 fully saturated rings. The summed E-state index contributed by atoms with van der Waals surface area (Å²) < 4.78 is 6.85. The van der Waals surface area contributed by atoms with Crippen LogP contribution >= 0.6 is 15.9 Å². The third-order valence-corrected chi connectivity index (χ3v) is 5.36. The first-order chi connectivity index (χ1) is 13.5. The summed E-state index contributed by atoms with van der Waals surface area (Å²) in [7, 11) is 0. The molecule has 0 atom stereocenters. The lowest BCUT2D eigenvalue weighted by Crippen LogP contribution is -2.32. The minimum atomic E-state index is 0.0148. The SMILES string of the molecule is Cc1cc(Br)ccc1C(=O)N1CCOc2ccc(-c3ccc(N)nc3)cc2C1. The largest absolute Gasteiger partial charge is 0.491 e. The first-order valence-electron chi connectivity index (χ1n) is 9.04. The van der Waals surface area contributed by atoms with Crippen LogP contribution in [0.25, 0.3) is 11.1 Å². The number of pyridine rings is 1. The molecular weight excluding hydrogens is 418 g/mol. The standard InChI is InChI=1S/C22H20BrN3O2/c1-14-10-18(23)4-5-19(14)22(27)26-8-9-28-20-6-2-15(11-17(20)13-26)16-3-7-21(24)25-12-16/h2-7,10-12H,8-9,13H2,1H3,(H2,24,25). The van der Waals surface area contributed by atoms with Gasteiger partial charge in [-0.05, 0) is 60.5 Å². The molecule has 1 aliphatic heterocycles. The zero-order chi connectivity index (χ0) is 19.7. The van der Waals surface area contributed by atoms with E-state index in [0.717, 1.165) is 32.5 Å². The lowest BCUT2D eigenvalue weighted by atomic mass is 10.0. The number of hydrogen-bond acceptors (Lipinski definition) is 4. The monoisotopic (exact) mass is 437 g/mol. The van der Waals surface area contributed by atoms with Crippen LogP contribution in [-0.2, 0) is 6.54 Å². The fourth-order valence-corrected chi connectivity index (χ4v) is 3.84. The molecule has 0 radical (unpaired) electrons. The average molecular weight is 438 g/mol. The molecule has 0 saturated carbocycles. The summed E-state index contributed by atoms with van der Waals surface area (Å²) in [4.78, 5) is 19.1. The van der Waals surface area contributed by atoms with Crippen LogP contribution in [0.3, 0.4) is 0 Å². The van der Waals surface area contributed by atoms with Crippen LogP contribution in [0.5, 0.6) is 5.75 Å². The number of amides is 1. The highest BCUT2D eigenvalue weighted by atomic mass is 79.9. The highest BCUT2D eigenvalue weighted by molar-refractivity contribution is 9.10. The van der Waals surface area contributed by atoms with Gasteiger partial charge in [-0.2, -0.15) is 0 Å². The van der Waals surface area contributed by atoms with Crippen LogP contribution in [-0.4, -0.2) is 28.9 Å². The van der Waals surface area contributed by atoms with E-state index in [1.54, 1.807) is 12.3 Å². The maximum absolute atomic E-state index is 13.1. The summed E-state index contributed by atoms with van der Waals surface area (Å²) >= 11 is 3.45. The fraction of sp³-hybridized carbons (Fsp3) is 0.182. The van der Waals surface area contributed by atoms with Gasteiger partial charge < -0.3 is 15.4 Å². The number of nitrogens with two attached hydrogens (primary N) is 1. The van der Waals surface area contributed by atoms with E-state index in [1.807, 2.05) is 48.2 Å². The van der Waals surface area contributed by atoms with Crippen molar-refractivity contribution in [1.29, 1.82) is 0 Å². The second-order valence-electron chi connectivity index (χ2n) is 6.83. The van der Waals surface area contributed by atoms with Crippen LogP contribution in [0.2, 0.25) is 0 Å². The van der Waals surface area contributed by atoms with E-state index >= 15 is 0 Å². The summed E-state index contributed by atoms with van der Waals surface area (Å²) in [5, 5.41) is 0. The summed E-state index contributed by atoms with van der Waals surface area (Å²) in [6.45, 7) is 3.46. The molecule has 5 nitrogen and oxygen atoms in total. The third-order valence-electron chi connectivity index (χ3n) is 4.87. The quantitative estimate of drug-likeness (QED) is 0.643. The molecule has 142 valence electrons. The Bertz CT molecular complexity index is 1030. The summed E-state index contributed by atoms with van der Waals surface area (Å²) in [6, 6.07) is 15.5. The number of ether oxygens (including phenoxy) is 1. The van der Waals surface area contributed by atoms with Crippen LogP contribution in [0.1, 0.15) is 21.5 Å². The summed E-state index contributed by atoms with van der Waals surface area (Å²) in [5.41, 5.74) is 10.3. The van der Waals surface area contributed by atoms with Crippen molar-refractivity contribution >= 4 is 27.7 Å². The third kappa shape index (κ3) is 3.73. The lowest BCUT2D eigenvalue weighted by molar-refractivity contribution is 0.0732. The first-order valence-corrected chi connectivity index (χ1v) is 9.83. The number of benzene rings is 2. The second-order valence-corrected chi connectivity index (χ2v) is 7.74. The van der Waals surface area contributed by atoms with E-state index in [2.05, 4.69) is 27.0 Å². The molecule has 0 unspecified atom stereocenters. The van der Waals surface area contributed by atoms with E-state index in [4.69, 9.17) is 10.5 Å². The number of nitrogen functional groups attached to an aromatic ring is 1. The number of aromatic nitrogens is 1. The topological polar surface area (TPSA) is 68.5 Å². The van der Waals surface area contributed by atoms with Gasteiger partial charge in [-0.3, -0.25) is 4.79 Å². The van der Waals surface area contributed by atoms with Gasteiger partial charge in [0.15, 0.2) is 0 Å². The number of hydrogen-bond donors (Lipinski definition) is 1. The molecule has 2 N–H and O–H groups in total. The van der Waals surface area contributed by atoms with Gasteiger partial charge in [0, 0.05) is 33.9 Å². The molecule has 1 aliphatic rings. The van der Waals surface area contributed by atoms with Crippen molar-refractivity contribution in [3.63, 3.8) is 0 Å². The molecule has 1 aromatic heterocycles. The minimum absolute atomic E-state index is 0.0148. The highest BCUT2D eigenvalue weighted by Gasteiger charge is 2.22. The lowest BCUT2D eigenvalue weighted by Gasteiger charge is -2.21. The number of carbonyl (C=O) groups excluding carboxylic acids is 1. The first kappa shape index (κ1) is 18.5. The van der Waals surface area contributed by atoms with Crippen molar-refractivity contribution in [1.82, 2.24) is 9.88 Å². The molecule has 0 bridgehead atoms. The number of rotatable bonds is 2. The highest BCUT2D eigenvalue weighted by Crippen LogP contribution is 2.30. The molecule has 28 heavy (non-hydrogen) atoms. The molecule has 4 rings (SSSR count). The summed E-state index contributed by atoms with van der Waals surface area (Å²) in [6.07, 6.45) is 1.75. The van der Waals surface area contributed by atoms with Gasteiger partial charge in [0.1, 0.15) is 18.2 Å². The Morgan fingerprint density at radius 2 is 1.96 bits per heavy atom. The average Bonchev–Trinajstić information content (AvgIpc) is 2.90. The Morgan fingerprint density at radius 1 is 1.14 bits per heavy atom. The van der Waals surface area contributed by atoms with Crippen molar-refractivity contribution in [3.8, 4) is 16.9 Å². The van der Waals surface area contributed by atoms with Gasteiger partial charge in [-0.15, -0.1) is 0 Å². The van der Waals surface area contributed by atoms with Gasteiger partial charge in [-0.25, -0.2) is 4.98 Å². The van der Waals surface area contributed by atoms with Gasteiger partial charge in [0.2, 0.25) is 0 Å². The van der Waals surface area contributed by atoms with E-state index in [-0.39, 0.29) is 5.91 Å². The number of nitrogens with zero attached hydrogens (tertiary/aromatic N) is 2. The zero-order valence-electron chi connectivity index (χ0n) is 15.5. The number of aryl methyl sites for hydroxylation is 1. The van der Waals surface area contributed by atoms with Gasteiger partial charge >= 0.3 is 0 Å². The fourth-order valence-electron chi connectivity index (χ4n) is 3.36. The molecule has 2 aromatic carbocycles. The van der Waals surface area contributed by atoms with Crippen molar-refractivity contribution in [2.75, 3.05) is 18.9 Å². The zero-order valence-corrected chi connectivity index (χ0v) is 17.1. The molecule has 0 saturated heterocycles. The van der Waals surface area contributed by atoms with E-state index in [0.29, 0.717) is 31.1 Å². The molecular formula is C22H20BrN3O2. The minimum Gasteiger partial charge on any atom is -0.491 e. The van der Waals surface area contributed by atoms with Crippen molar-refractivity contribution in [2.45, 2.75) is 13.5 Å². The molecule has 0 spiro atoms. The molecule has 0 aliphatic carbocycles. The van der Waals surface area contributed by atoms with Crippen molar-refractivity contribution in [3.05, 3.63) is 75.9 Å². The smallest absolute Gasteiger partial charge is 0.254 e. The second kappa shape index (κ2) is 7.64. The molecule has 2 heterocycles. The normalized spacial score (nSPS) is 13.4. The Morgan fingerprint density at radius 3 is 2.71 bits per heavy atom. The number of fused-ring (bicyclic) bond motifs is 1. The van der Waals surface area contributed by atoms with E-state index in [1.165, 1.54) is 0 Å². The predicted octanol–water partition coefficient (Wildman–Crippen LogP) is 4.44. The molecule has 6 heteroatoms. The summed E-state index contributed by atoms with van der Waals surface area (Å²) in [5.74, 6) is 1.32. The van der Waals surface area contributed by atoms with Gasteiger partial charge in [0.05, 0.1) is 6.54 Å². The molecule has 1 amide bonds. The maximum atomic E-state index is 13.1. The van der Waals surface area contributed by atoms with Gasteiger partial charge in [0.25, 0.3) is 5.91 Å². The number of anilines is 1.